The van der Waals surface area contributed by atoms with Crippen molar-refractivity contribution in [2.75, 3.05) is 13.1 Å². The first-order valence-electron chi connectivity index (χ1n) is 8.31. The van der Waals surface area contributed by atoms with Gasteiger partial charge in [-0.15, -0.1) is 0 Å². The molecule has 128 valence electrons. The maximum absolute atomic E-state index is 12.9. The number of fused-ring (bicyclic) bond motifs is 1. The fraction of sp³-hybridized carbons (Fsp3) is 0.333. The molecule has 1 fully saturated rings. The van der Waals surface area contributed by atoms with E-state index in [9.17, 15) is 9.59 Å². The molecule has 1 atom stereocenters. The molecule has 25 heavy (non-hydrogen) atoms. The van der Waals surface area contributed by atoms with E-state index < -0.39 is 0 Å². The molecule has 4 rings (SSSR count). The average Bonchev–Trinajstić information content (AvgIpc) is 3.00. The minimum Gasteiger partial charge on any atom is -0.441 e. The lowest BCUT2D eigenvalue weighted by atomic mass is 9.94. The van der Waals surface area contributed by atoms with Crippen LogP contribution in [0, 0.1) is 6.92 Å². The molecule has 7 nitrogen and oxygen atoms in total. The van der Waals surface area contributed by atoms with Crippen LogP contribution in [0.4, 0.5) is 0 Å². The Kier molecular flexibility index (Phi) is 3.83. The maximum Gasteiger partial charge on any atom is 0.254 e. The molecule has 1 saturated heterocycles. The molecular formula is C18H18N4O3. The van der Waals surface area contributed by atoms with E-state index in [0.717, 1.165) is 24.1 Å². The van der Waals surface area contributed by atoms with Gasteiger partial charge >= 0.3 is 0 Å². The summed E-state index contributed by atoms with van der Waals surface area (Å²) in [6.45, 7) is 3.04. The molecule has 7 heteroatoms. The van der Waals surface area contributed by atoms with Crippen LogP contribution in [0.3, 0.4) is 0 Å². The lowest BCUT2D eigenvalue weighted by Crippen LogP contribution is -2.39. The van der Waals surface area contributed by atoms with Crippen LogP contribution in [-0.4, -0.2) is 38.8 Å². The summed E-state index contributed by atoms with van der Waals surface area (Å²) in [6.07, 6.45) is 3.22. The van der Waals surface area contributed by atoms with Crippen molar-refractivity contribution >= 4 is 17.0 Å². The minimum absolute atomic E-state index is 0.0366. The molecule has 3 aromatic rings. The van der Waals surface area contributed by atoms with Gasteiger partial charge in [-0.3, -0.25) is 9.59 Å². The number of aromatic amines is 1. The van der Waals surface area contributed by atoms with Crippen LogP contribution in [-0.2, 0) is 0 Å². The SMILES string of the molecule is Cc1nc2ccc(C(=O)N3CCC[C@@H](c4cc(=O)[nH]cn4)C3)cc2o1. The van der Waals surface area contributed by atoms with Crippen molar-refractivity contribution in [1.29, 1.82) is 0 Å². The van der Waals surface area contributed by atoms with Crippen LogP contribution in [0.15, 0.2) is 39.8 Å². The van der Waals surface area contributed by atoms with Crippen LogP contribution < -0.4 is 5.56 Å². The lowest BCUT2D eigenvalue weighted by Gasteiger charge is -2.32. The fourth-order valence-electron chi connectivity index (χ4n) is 3.37. The molecule has 1 aliphatic rings. The second-order valence-corrected chi connectivity index (χ2v) is 6.34. The van der Waals surface area contributed by atoms with Crippen molar-refractivity contribution in [3.63, 3.8) is 0 Å². The lowest BCUT2D eigenvalue weighted by molar-refractivity contribution is 0.0706. The van der Waals surface area contributed by atoms with Crippen LogP contribution in [0.5, 0.6) is 0 Å². The first-order valence-corrected chi connectivity index (χ1v) is 8.31. The summed E-state index contributed by atoms with van der Waals surface area (Å²) in [5.74, 6) is 0.625. The number of rotatable bonds is 2. The number of likely N-dealkylation sites (tertiary alicyclic amines) is 1. The third kappa shape index (κ3) is 3.05. The van der Waals surface area contributed by atoms with Gasteiger partial charge in [0.25, 0.3) is 11.5 Å². The van der Waals surface area contributed by atoms with Crippen LogP contribution >= 0.6 is 0 Å². The predicted molar refractivity (Wildman–Crippen MR) is 91.5 cm³/mol. The molecule has 2 aromatic heterocycles. The predicted octanol–water partition coefficient (Wildman–Crippen LogP) is 2.24. The molecule has 3 heterocycles. The molecule has 0 saturated carbocycles. The normalized spacial score (nSPS) is 17.8. The summed E-state index contributed by atoms with van der Waals surface area (Å²) < 4.78 is 5.52. The topological polar surface area (TPSA) is 92.1 Å². The molecule has 0 bridgehead atoms. The van der Waals surface area contributed by atoms with E-state index in [1.807, 2.05) is 4.90 Å². The highest BCUT2D eigenvalue weighted by atomic mass is 16.3. The van der Waals surface area contributed by atoms with Crippen LogP contribution in [0.2, 0.25) is 0 Å². The summed E-state index contributed by atoms with van der Waals surface area (Å²) in [5, 5.41) is 0. The van der Waals surface area contributed by atoms with Crippen LogP contribution in [0.1, 0.15) is 40.7 Å². The molecule has 0 unspecified atom stereocenters. The molecule has 1 aliphatic heterocycles. The highest BCUT2D eigenvalue weighted by Crippen LogP contribution is 2.26. The highest BCUT2D eigenvalue weighted by Gasteiger charge is 2.26. The van der Waals surface area contributed by atoms with Gasteiger partial charge < -0.3 is 14.3 Å². The van der Waals surface area contributed by atoms with E-state index in [4.69, 9.17) is 4.42 Å². The Bertz CT molecular complexity index is 991. The number of amides is 1. The quantitative estimate of drug-likeness (QED) is 0.773. The Morgan fingerprint density at radius 3 is 3.08 bits per heavy atom. The van der Waals surface area contributed by atoms with Gasteiger partial charge in [0.15, 0.2) is 11.5 Å². The van der Waals surface area contributed by atoms with E-state index in [-0.39, 0.29) is 17.4 Å². The third-order valence-electron chi connectivity index (χ3n) is 4.57. The zero-order chi connectivity index (χ0) is 17.4. The van der Waals surface area contributed by atoms with Crippen molar-refractivity contribution < 1.29 is 9.21 Å². The van der Waals surface area contributed by atoms with Crippen molar-refractivity contribution in [2.45, 2.75) is 25.7 Å². The van der Waals surface area contributed by atoms with E-state index >= 15 is 0 Å². The second kappa shape index (κ2) is 6.16. The smallest absolute Gasteiger partial charge is 0.254 e. The number of nitrogens with zero attached hydrogens (tertiary/aromatic N) is 3. The molecule has 0 aliphatic carbocycles. The summed E-state index contributed by atoms with van der Waals surface area (Å²) in [7, 11) is 0. The van der Waals surface area contributed by atoms with Gasteiger partial charge in [0, 0.05) is 37.6 Å². The number of nitrogens with one attached hydrogen (secondary N) is 1. The zero-order valence-corrected chi connectivity index (χ0v) is 13.9. The van der Waals surface area contributed by atoms with Gasteiger partial charge in [-0.25, -0.2) is 9.97 Å². The van der Waals surface area contributed by atoms with Gasteiger partial charge in [0.05, 0.1) is 12.0 Å². The van der Waals surface area contributed by atoms with Crippen molar-refractivity contribution in [3.05, 3.63) is 58.1 Å². The average molecular weight is 338 g/mol. The maximum atomic E-state index is 12.9. The van der Waals surface area contributed by atoms with Crippen molar-refractivity contribution in [3.8, 4) is 0 Å². The minimum atomic E-state index is -0.167. The number of aromatic nitrogens is 3. The zero-order valence-electron chi connectivity index (χ0n) is 13.9. The summed E-state index contributed by atoms with van der Waals surface area (Å²) in [6, 6.07) is 6.84. The number of H-pyrrole nitrogens is 1. The molecular weight excluding hydrogens is 320 g/mol. The van der Waals surface area contributed by atoms with Gasteiger partial charge in [-0.05, 0) is 31.0 Å². The molecule has 1 amide bonds. The number of oxazole rings is 1. The standard InChI is InChI=1S/C18H18N4O3/c1-11-21-14-5-4-12(7-16(14)25-11)18(24)22-6-2-3-13(9-22)15-8-17(23)20-10-19-15/h4-5,7-8,10,13H,2-3,6,9H2,1H3,(H,19,20,23)/t13-/m1/s1. The Morgan fingerprint density at radius 2 is 2.24 bits per heavy atom. The largest absolute Gasteiger partial charge is 0.441 e. The van der Waals surface area contributed by atoms with E-state index in [1.54, 1.807) is 25.1 Å². The van der Waals surface area contributed by atoms with Crippen molar-refractivity contribution in [1.82, 2.24) is 19.9 Å². The molecule has 0 spiro atoms. The van der Waals surface area contributed by atoms with Gasteiger partial charge in [-0.1, -0.05) is 0 Å². The van der Waals surface area contributed by atoms with Crippen molar-refractivity contribution in [2.24, 2.45) is 0 Å². The number of piperidine rings is 1. The third-order valence-corrected chi connectivity index (χ3v) is 4.57. The summed E-state index contributed by atoms with van der Waals surface area (Å²) in [5.41, 5.74) is 2.52. The molecule has 1 N–H and O–H groups in total. The number of benzene rings is 1. The Morgan fingerprint density at radius 1 is 1.36 bits per heavy atom. The Balaban J connectivity index is 1.57. The first kappa shape index (κ1) is 15.6. The number of aryl methyl sites for hydroxylation is 1. The molecule has 1 aromatic carbocycles. The summed E-state index contributed by atoms with van der Waals surface area (Å²) >= 11 is 0. The molecule has 0 radical (unpaired) electrons. The Labute approximate surface area is 143 Å². The van der Waals surface area contributed by atoms with Gasteiger partial charge in [0.1, 0.15) is 5.52 Å². The van der Waals surface area contributed by atoms with Gasteiger partial charge in [0.2, 0.25) is 0 Å². The highest BCUT2D eigenvalue weighted by molar-refractivity contribution is 5.97. The number of hydrogen-bond donors (Lipinski definition) is 1. The van der Waals surface area contributed by atoms with E-state index in [1.165, 1.54) is 12.4 Å². The van der Waals surface area contributed by atoms with E-state index in [2.05, 4.69) is 15.0 Å². The summed E-state index contributed by atoms with van der Waals surface area (Å²) in [4.78, 5) is 37.2. The number of carbonyl (C=O) groups is 1. The van der Waals surface area contributed by atoms with Crippen LogP contribution in [0.25, 0.3) is 11.1 Å². The fourth-order valence-corrected chi connectivity index (χ4v) is 3.37. The number of carbonyl (C=O) groups excluding carboxylic acids is 1. The monoisotopic (exact) mass is 338 g/mol. The van der Waals surface area contributed by atoms with E-state index in [0.29, 0.717) is 30.1 Å². The second-order valence-electron chi connectivity index (χ2n) is 6.34. The number of hydrogen-bond acceptors (Lipinski definition) is 5. The first-order chi connectivity index (χ1) is 12.1. The van der Waals surface area contributed by atoms with Gasteiger partial charge in [-0.2, -0.15) is 0 Å². The Hall–Kier alpha value is -2.96.